The van der Waals surface area contributed by atoms with Gasteiger partial charge < -0.3 is 5.32 Å². The van der Waals surface area contributed by atoms with Gasteiger partial charge in [0.05, 0.1) is 11.4 Å². The molecule has 1 atom stereocenters. The largest absolute Gasteiger partial charge is 0.308 e. The zero-order chi connectivity index (χ0) is 12.4. The van der Waals surface area contributed by atoms with E-state index in [1.165, 1.54) is 10.6 Å². The molecule has 2 rings (SSSR count). The van der Waals surface area contributed by atoms with E-state index in [9.17, 15) is 0 Å². The van der Waals surface area contributed by atoms with Crippen LogP contribution in [-0.4, -0.2) is 15.4 Å². The molecule has 90 valence electrons. The molecule has 0 aliphatic carbocycles. The highest BCUT2D eigenvalue weighted by molar-refractivity contribution is 7.17. The Morgan fingerprint density at radius 2 is 2.35 bits per heavy atom. The molecule has 0 aromatic carbocycles. The number of hydrogen-bond donors (Lipinski definition) is 1. The van der Waals surface area contributed by atoms with Gasteiger partial charge in [-0.05, 0) is 20.8 Å². The summed E-state index contributed by atoms with van der Waals surface area (Å²) in [5.74, 6) is 2.67. The summed E-state index contributed by atoms with van der Waals surface area (Å²) in [5.41, 5.74) is 2.32. The second-order valence-corrected chi connectivity index (χ2v) is 5.54. The van der Waals surface area contributed by atoms with E-state index >= 15 is 0 Å². The lowest BCUT2D eigenvalue weighted by Gasteiger charge is -2.10. The first-order valence-corrected chi connectivity index (χ1v) is 6.54. The van der Waals surface area contributed by atoms with E-state index in [-0.39, 0.29) is 0 Å². The van der Waals surface area contributed by atoms with Gasteiger partial charge in [0.15, 0.2) is 4.96 Å². The van der Waals surface area contributed by atoms with Gasteiger partial charge in [-0.3, -0.25) is 4.40 Å². The molecular formula is C13H17N3S. The van der Waals surface area contributed by atoms with Crippen LogP contribution in [0.5, 0.6) is 0 Å². The zero-order valence-corrected chi connectivity index (χ0v) is 11.3. The highest BCUT2D eigenvalue weighted by atomic mass is 32.1. The lowest BCUT2D eigenvalue weighted by atomic mass is 10.2. The van der Waals surface area contributed by atoms with Gasteiger partial charge in [0.25, 0.3) is 0 Å². The summed E-state index contributed by atoms with van der Waals surface area (Å²) in [6.45, 7) is 7.07. The number of aromatic nitrogens is 2. The van der Waals surface area contributed by atoms with Gasteiger partial charge in [0.2, 0.25) is 0 Å². The third-order valence-electron chi connectivity index (χ3n) is 2.78. The first kappa shape index (κ1) is 12.2. The maximum absolute atomic E-state index is 5.30. The molecule has 1 unspecified atom stereocenters. The zero-order valence-electron chi connectivity index (χ0n) is 10.4. The number of nitrogens with zero attached hydrogens (tertiary/aromatic N) is 2. The van der Waals surface area contributed by atoms with Gasteiger partial charge >= 0.3 is 0 Å². The summed E-state index contributed by atoms with van der Waals surface area (Å²) in [5, 5.41) is 3.43. The second-order valence-electron chi connectivity index (χ2n) is 4.33. The molecule has 0 saturated carbocycles. The summed E-state index contributed by atoms with van der Waals surface area (Å²) in [6.07, 6.45) is 8.19. The molecule has 2 aromatic rings. The molecule has 0 bridgehead atoms. The fourth-order valence-corrected chi connectivity index (χ4v) is 2.73. The molecule has 0 aliphatic heterocycles. The van der Waals surface area contributed by atoms with Crippen molar-refractivity contribution in [1.82, 2.24) is 14.7 Å². The van der Waals surface area contributed by atoms with Crippen LogP contribution in [0.3, 0.4) is 0 Å². The summed E-state index contributed by atoms with van der Waals surface area (Å²) < 4.78 is 2.17. The van der Waals surface area contributed by atoms with Crippen molar-refractivity contribution in [3.63, 3.8) is 0 Å². The van der Waals surface area contributed by atoms with Crippen LogP contribution in [0.4, 0.5) is 0 Å². The molecule has 1 N–H and O–H groups in total. The van der Waals surface area contributed by atoms with Gasteiger partial charge in [0, 0.05) is 30.1 Å². The summed E-state index contributed by atoms with van der Waals surface area (Å²) >= 11 is 1.72. The summed E-state index contributed by atoms with van der Waals surface area (Å²) in [7, 11) is 0. The van der Waals surface area contributed by atoms with Crippen molar-refractivity contribution < 1.29 is 0 Å². The summed E-state index contributed by atoms with van der Waals surface area (Å²) in [4.78, 5) is 6.91. The van der Waals surface area contributed by atoms with Gasteiger partial charge in [-0.15, -0.1) is 23.7 Å². The maximum atomic E-state index is 5.30. The van der Waals surface area contributed by atoms with Gasteiger partial charge in [0.1, 0.15) is 0 Å². The predicted octanol–water partition coefficient (Wildman–Crippen LogP) is 2.51. The minimum atomic E-state index is 0.338. The standard InChI is InChI=1S/C13H17N3S/c1-5-6-9(2)14-7-12-11(4)15-13-16(12)8-10(3)17-13/h1,8-9,14H,6-7H2,2-4H3. The van der Waals surface area contributed by atoms with Crippen molar-refractivity contribution in [2.24, 2.45) is 0 Å². The van der Waals surface area contributed by atoms with E-state index in [1.807, 2.05) is 0 Å². The molecule has 0 amide bonds. The van der Waals surface area contributed by atoms with Gasteiger partial charge in [-0.1, -0.05) is 0 Å². The van der Waals surface area contributed by atoms with E-state index in [1.54, 1.807) is 11.3 Å². The molecule has 0 aliphatic rings. The molecule has 3 nitrogen and oxygen atoms in total. The number of imidazole rings is 1. The van der Waals surface area contributed by atoms with Crippen molar-refractivity contribution in [2.75, 3.05) is 0 Å². The number of nitrogens with one attached hydrogen (secondary N) is 1. The Bertz CT molecular complexity index is 559. The Balaban J connectivity index is 2.17. The number of terminal acetylenes is 1. The minimum Gasteiger partial charge on any atom is -0.308 e. The number of rotatable bonds is 4. The van der Waals surface area contributed by atoms with Crippen molar-refractivity contribution in [2.45, 2.75) is 39.8 Å². The SMILES string of the molecule is C#CCC(C)NCc1c(C)nc2sc(C)cn12. The normalized spacial score (nSPS) is 12.8. The molecule has 4 heteroatoms. The Morgan fingerprint density at radius 1 is 1.59 bits per heavy atom. The Morgan fingerprint density at radius 3 is 3.06 bits per heavy atom. The molecule has 0 spiro atoms. The van der Waals surface area contributed by atoms with Crippen LogP contribution in [0.15, 0.2) is 6.20 Å². The molecular weight excluding hydrogens is 230 g/mol. The first-order chi connectivity index (χ1) is 8.11. The monoisotopic (exact) mass is 247 g/mol. The van der Waals surface area contributed by atoms with Crippen LogP contribution in [0, 0.1) is 26.2 Å². The van der Waals surface area contributed by atoms with Crippen molar-refractivity contribution in [3.05, 3.63) is 22.5 Å². The molecule has 0 fully saturated rings. The highest BCUT2D eigenvalue weighted by Gasteiger charge is 2.11. The minimum absolute atomic E-state index is 0.338. The molecule has 2 heterocycles. The van der Waals surface area contributed by atoms with Crippen molar-refractivity contribution in [1.29, 1.82) is 0 Å². The average Bonchev–Trinajstić information content (AvgIpc) is 2.71. The number of aryl methyl sites for hydroxylation is 2. The van der Waals surface area contributed by atoms with Gasteiger partial charge in [-0.25, -0.2) is 4.98 Å². The number of thiazole rings is 1. The second kappa shape index (κ2) is 4.91. The van der Waals surface area contributed by atoms with E-state index in [2.05, 4.69) is 47.6 Å². The maximum Gasteiger partial charge on any atom is 0.194 e. The van der Waals surface area contributed by atoms with Crippen LogP contribution in [0.25, 0.3) is 4.96 Å². The molecule has 0 radical (unpaired) electrons. The van der Waals surface area contributed by atoms with Crippen LogP contribution >= 0.6 is 11.3 Å². The quantitative estimate of drug-likeness (QED) is 0.841. The fourth-order valence-electron chi connectivity index (χ4n) is 1.84. The average molecular weight is 247 g/mol. The Hall–Kier alpha value is -1.31. The Labute approximate surface area is 106 Å². The van der Waals surface area contributed by atoms with E-state index in [0.29, 0.717) is 6.04 Å². The predicted molar refractivity (Wildman–Crippen MR) is 72.3 cm³/mol. The topological polar surface area (TPSA) is 29.3 Å². The smallest absolute Gasteiger partial charge is 0.194 e. The van der Waals surface area contributed by atoms with Crippen LogP contribution in [0.2, 0.25) is 0 Å². The Kier molecular flexibility index (Phi) is 3.51. The first-order valence-electron chi connectivity index (χ1n) is 5.72. The lowest BCUT2D eigenvalue weighted by molar-refractivity contribution is 0.550. The van der Waals surface area contributed by atoms with Crippen LogP contribution in [0.1, 0.15) is 29.6 Å². The van der Waals surface area contributed by atoms with Crippen molar-refractivity contribution >= 4 is 16.3 Å². The number of fused-ring (bicyclic) bond motifs is 1. The molecule has 17 heavy (non-hydrogen) atoms. The highest BCUT2D eigenvalue weighted by Crippen LogP contribution is 2.20. The molecule has 2 aromatic heterocycles. The third-order valence-corrected chi connectivity index (χ3v) is 3.68. The van der Waals surface area contributed by atoms with Gasteiger partial charge in [-0.2, -0.15) is 0 Å². The fraction of sp³-hybridized carbons (Fsp3) is 0.462. The van der Waals surface area contributed by atoms with E-state index in [4.69, 9.17) is 6.42 Å². The lowest BCUT2D eigenvalue weighted by Crippen LogP contribution is -2.25. The van der Waals surface area contributed by atoms with E-state index in [0.717, 1.165) is 23.6 Å². The van der Waals surface area contributed by atoms with Crippen LogP contribution < -0.4 is 5.32 Å². The summed E-state index contributed by atoms with van der Waals surface area (Å²) in [6, 6.07) is 0.338. The number of hydrogen-bond acceptors (Lipinski definition) is 3. The van der Waals surface area contributed by atoms with Crippen molar-refractivity contribution in [3.8, 4) is 12.3 Å². The molecule has 0 saturated heterocycles. The van der Waals surface area contributed by atoms with E-state index < -0.39 is 0 Å². The van der Waals surface area contributed by atoms with Crippen LogP contribution in [-0.2, 0) is 6.54 Å². The third kappa shape index (κ3) is 2.51.